The predicted molar refractivity (Wildman–Crippen MR) is 137 cm³/mol. The van der Waals surface area contributed by atoms with Gasteiger partial charge in [-0.3, -0.25) is 14.4 Å². The van der Waals surface area contributed by atoms with Gasteiger partial charge in [0.05, 0.1) is 38.7 Å². The van der Waals surface area contributed by atoms with Gasteiger partial charge in [0.1, 0.15) is 0 Å². The Morgan fingerprint density at radius 2 is 1.88 bits per heavy atom. The van der Waals surface area contributed by atoms with Gasteiger partial charge in [-0.2, -0.15) is 5.10 Å². The molecule has 10 heteroatoms. The second kappa shape index (κ2) is 9.48. The maximum absolute atomic E-state index is 13.8. The molecule has 2 heterocycles. The Hall–Kier alpha value is -2.75. The fraction of sp³-hybridized carbons (Fsp3) is 0.292. The summed E-state index contributed by atoms with van der Waals surface area (Å²) in [5.74, 6) is -0.515. The van der Waals surface area contributed by atoms with E-state index in [0.717, 1.165) is 27.2 Å². The lowest BCUT2D eigenvalue weighted by molar-refractivity contribution is 0.0982. The van der Waals surface area contributed by atoms with E-state index in [1.807, 2.05) is 43.7 Å². The summed E-state index contributed by atoms with van der Waals surface area (Å²) in [5.41, 5.74) is 3.56. The number of benzene rings is 2. The van der Waals surface area contributed by atoms with Gasteiger partial charge in [-0.1, -0.05) is 42.0 Å². The molecule has 0 saturated carbocycles. The lowest BCUT2D eigenvalue weighted by atomic mass is 10.2. The maximum atomic E-state index is 13.8. The number of hydrogen-bond donors (Lipinski definition) is 0. The first-order valence-electron chi connectivity index (χ1n) is 10.8. The molecule has 0 unspecified atom stereocenters. The number of carbonyl (C=O) groups is 1. The number of anilines is 1. The largest absolute Gasteiger partial charge is 0.282 e. The molecule has 0 atom stereocenters. The number of aryl methyl sites for hydroxylation is 3. The minimum Gasteiger partial charge on any atom is -0.282 e. The van der Waals surface area contributed by atoms with Crippen molar-refractivity contribution in [3.8, 4) is 0 Å². The van der Waals surface area contributed by atoms with E-state index < -0.39 is 15.7 Å². The van der Waals surface area contributed by atoms with Gasteiger partial charge in [-0.05, 0) is 56.7 Å². The number of rotatable bonds is 7. The van der Waals surface area contributed by atoms with Crippen LogP contribution in [0.4, 0.5) is 5.13 Å². The van der Waals surface area contributed by atoms with Crippen LogP contribution in [0, 0.1) is 20.8 Å². The van der Waals surface area contributed by atoms with E-state index in [9.17, 15) is 13.2 Å². The predicted octanol–water partition coefficient (Wildman–Crippen LogP) is 5.21. The molecule has 0 bridgehead atoms. The molecule has 0 aliphatic heterocycles. The number of sulfone groups is 1. The van der Waals surface area contributed by atoms with Crippen molar-refractivity contribution in [2.75, 3.05) is 17.2 Å². The molecule has 0 aliphatic rings. The lowest BCUT2D eigenvalue weighted by Gasteiger charge is -2.21. The van der Waals surface area contributed by atoms with Crippen molar-refractivity contribution in [3.63, 3.8) is 0 Å². The Kier molecular flexibility index (Phi) is 6.80. The highest BCUT2D eigenvalue weighted by atomic mass is 35.5. The number of aromatic nitrogens is 3. The average Bonchev–Trinajstić information content (AvgIpc) is 3.39. The summed E-state index contributed by atoms with van der Waals surface area (Å²) in [4.78, 5) is 20.1. The molecule has 0 spiro atoms. The third-order valence-electron chi connectivity index (χ3n) is 5.68. The van der Waals surface area contributed by atoms with Crippen LogP contribution in [0.15, 0.2) is 47.4 Å². The SMILES string of the molecule is CCS(=O)(=O)c1ccccc1C(=O)N(CCn1nc(C)cc1C)c1nc2c(C)c(Cl)ccc2s1. The summed E-state index contributed by atoms with van der Waals surface area (Å²) in [7, 11) is -3.60. The number of amides is 1. The highest BCUT2D eigenvalue weighted by Gasteiger charge is 2.27. The van der Waals surface area contributed by atoms with Crippen LogP contribution < -0.4 is 4.90 Å². The summed E-state index contributed by atoms with van der Waals surface area (Å²) in [6.45, 7) is 8.03. The minimum absolute atomic E-state index is 0.0268. The number of halogens is 1. The Morgan fingerprint density at radius 3 is 2.56 bits per heavy atom. The van der Waals surface area contributed by atoms with Crippen molar-refractivity contribution in [1.82, 2.24) is 14.8 Å². The van der Waals surface area contributed by atoms with Crippen LogP contribution in [0.2, 0.25) is 5.02 Å². The van der Waals surface area contributed by atoms with E-state index >= 15 is 0 Å². The summed E-state index contributed by atoms with van der Waals surface area (Å²) in [6.07, 6.45) is 0. The molecule has 1 amide bonds. The van der Waals surface area contributed by atoms with Gasteiger partial charge in [-0.15, -0.1) is 0 Å². The van der Waals surface area contributed by atoms with Gasteiger partial charge in [-0.25, -0.2) is 13.4 Å². The Bertz CT molecular complexity index is 1490. The van der Waals surface area contributed by atoms with Crippen LogP contribution in [0.5, 0.6) is 0 Å². The number of nitrogens with zero attached hydrogens (tertiary/aromatic N) is 4. The molecule has 7 nitrogen and oxygen atoms in total. The summed E-state index contributed by atoms with van der Waals surface area (Å²) >= 11 is 7.66. The van der Waals surface area contributed by atoms with Crippen LogP contribution >= 0.6 is 22.9 Å². The second-order valence-electron chi connectivity index (χ2n) is 8.02. The molecule has 0 N–H and O–H groups in total. The third-order valence-corrected chi connectivity index (χ3v) is 8.92. The molecule has 2 aromatic carbocycles. The third kappa shape index (κ3) is 4.60. The van der Waals surface area contributed by atoms with Gasteiger partial charge in [0, 0.05) is 17.3 Å². The smallest absolute Gasteiger partial charge is 0.261 e. The molecule has 4 rings (SSSR count). The number of hydrogen-bond acceptors (Lipinski definition) is 6. The molecule has 34 heavy (non-hydrogen) atoms. The number of thiazole rings is 1. The Labute approximate surface area is 207 Å². The van der Waals surface area contributed by atoms with E-state index in [4.69, 9.17) is 16.6 Å². The van der Waals surface area contributed by atoms with Crippen molar-refractivity contribution in [1.29, 1.82) is 0 Å². The van der Waals surface area contributed by atoms with Crippen molar-refractivity contribution in [2.24, 2.45) is 0 Å². The summed E-state index contributed by atoms with van der Waals surface area (Å²) in [5, 5.41) is 5.58. The number of carbonyl (C=O) groups excluding carboxylic acids is 1. The zero-order valence-corrected chi connectivity index (χ0v) is 21.8. The van der Waals surface area contributed by atoms with Crippen LogP contribution in [0.3, 0.4) is 0 Å². The van der Waals surface area contributed by atoms with Gasteiger partial charge < -0.3 is 0 Å². The minimum atomic E-state index is -3.60. The van der Waals surface area contributed by atoms with Gasteiger partial charge in [0.25, 0.3) is 5.91 Å². The molecule has 178 valence electrons. The zero-order valence-electron chi connectivity index (χ0n) is 19.4. The van der Waals surface area contributed by atoms with E-state index in [1.54, 1.807) is 30.0 Å². The fourth-order valence-electron chi connectivity index (χ4n) is 3.80. The van der Waals surface area contributed by atoms with Crippen molar-refractivity contribution in [2.45, 2.75) is 39.1 Å². The fourth-order valence-corrected chi connectivity index (χ4v) is 6.09. The monoisotopic (exact) mass is 516 g/mol. The molecule has 2 aromatic heterocycles. The highest BCUT2D eigenvalue weighted by molar-refractivity contribution is 7.91. The molecule has 0 saturated heterocycles. The first-order valence-corrected chi connectivity index (χ1v) is 13.7. The standard InChI is InChI=1S/C24H25ClN4O3S2/c1-5-34(31,32)21-9-7-6-8-18(21)23(30)28(12-13-29-16(3)14-15(2)27-29)24-26-22-17(4)19(25)10-11-20(22)33-24/h6-11,14H,5,12-13H2,1-4H3. The van der Waals surface area contributed by atoms with Gasteiger partial charge >= 0.3 is 0 Å². The van der Waals surface area contributed by atoms with E-state index in [-0.39, 0.29) is 22.8 Å². The molecular weight excluding hydrogens is 492 g/mol. The summed E-state index contributed by atoms with van der Waals surface area (Å²) < 4.78 is 28.2. The average molecular weight is 517 g/mol. The van der Waals surface area contributed by atoms with Crippen LogP contribution in [0.25, 0.3) is 10.2 Å². The zero-order chi connectivity index (χ0) is 24.6. The molecule has 0 radical (unpaired) electrons. The highest BCUT2D eigenvalue weighted by Crippen LogP contribution is 2.34. The molecular formula is C24H25ClN4O3S2. The summed E-state index contributed by atoms with van der Waals surface area (Å²) in [6, 6.07) is 12.0. The normalized spacial score (nSPS) is 11.8. The Morgan fingerprint density at radius 1 is 1.15 bits per heavy atom. The first kappa shape index (κ1) is 24.4. The van der Waals surface area contributed by atoms with E-state index in [1.165, 1.54) is 17.4 Å². The van der Waals surface area contributed by atoms with Crippen molar-refractivity contribution < 1.29 is 13.2 Å². The second-order valence-corrected chi connectivity index (χ2v) is 11.7. The lowest BCUT2D eigenvalue weighted by Crippen LogP contribution is -2.35. The quantitative estimate of drug-likeness (QED) is 0.336. The molecule has 0 fully saturated rings. The molecule has 0 aliphatic carbocycles. The van der Waals surface area contributed by atoms with E-state index in [0.29, 0.717) is 16.7 Å². The number of fused-ring (bicyclic) bond motifs is 1. The van der Waals surface area contributed by atoms with Crippen molar-refractivity contribution in [3.05, 3.63) is 70.0 Å². The van der Waals surface area contributed by atoms with Gasteiger partial charge in [0.15, 0.2) is 15.0 Å². The van der Waals surface area contributed by atoms with Crippen LogP contribution in [0.1, 0.15) is 34.2 Å². The van der Waals surface area contributed by atoms with Crippen molar-refractivity contribution >= 4 is 54.0 Å². The van der Waals surface area contributed by atoms with Crippen LogP contribution in [-0.4, -0.2) is 41.4 Å². The van der Waals surface area contributed by atoms with Gasteiger partial charge in [0.2, 0.25) is 0 Å². The Balaban J connectivity index is 1.81. The molecule has 4 aromatic rings. The topological polar surface area (TPSA) is 85.2 Å². The van der Waals surface area contributed by atoms with Crippen LogP contribution in [-0.2, 0) is 16.4 Å². The first-order chi connectivity index (χ1) is 16.1. The maximum Gasteiger partial charge on any atom is 0.261 e. The van der Waals surface area contributed by atoms with E-state index in [2.05, 4.69) is 5.10 Å².